The van der Waals surface area contributed by atoms with Crippen molar-refractivity contribution in [2.24, 2.45) is 7.05 Å². The van der Waals surface area contributed by atoms with Crippen LogP contribution < -0.4 is 4.74 Å². The van der Waals surface area contributed by atoms with E-state index in [9.17, 15) is 4.79 Å². The molecule has 2 aromatic rings. The van der Waals surface area contributed by atoms with Crippen LogP contribution in [-0.4, -0.2) is 45.3 Å². The van der Waals surface area contributed by atoms with Gasteiger partial charge in [-0.2, -0.15) is 0 Å². The molecule has 1 amide bonds. The maximum absolute atomic E-state index is 12.5. The number of nitrogens with zero attached hydrogens (tertiary/aromatic N) is 4. The standard InChI is InChI=1S/C19H26N4O2/c1-14-6-7-15(2)17(11-14)25-10-8-18(24)23-9-4-5-16(12-23)19-21-20-13-22(19)3/h6-7,11,13,16H,4-5,8-10,12H2,1-3H3/t16-/m1/s1. The summed E-state index contributed by atoms with van der Waals surface area (Å²) in [6.45, 7) is 6.00. The Labute approximate surface area is 148 Å². The van der Waals surface area contributed by atoms with Crippen molar-refractivity contribution in [2.75, 3.05) is 19.7 Å². The molecule has 1 aromatic heterocycles. The van der Waals surface area contributed by atoms with Crippen LogP contribution in [0.25, 0.3) is 0 Å². The summed E-state index contributed by atoms with van der Waals surface area (Å²) >= 11 is 0. The van der Waals surface area contributed by atoms with Crippen molar-refractivity contribution < 1.29 is 9.53 Å². The fourth-order valence-electron chi connectivity index (χ4n) is 3.35. The molecular formula is C19H26N4O2. The first-order valence-electron chi connectivity index (χ1n) is 8.86. The molecule has 6 nitrogen and oxygen atoms in total. The second kappa shape index (κ2) is 7.68. The van der Waals surface area contributed by atoms with Gasteiger partial charge >= 0.3 is 0 Å². The molecule has 0 bridgehead atoms. The van der Waals surface area contributed by atoms with E-state index >= 15 is 0 Å². The zero-order valence-corrected chi connectivity index (χ0v) is 15.2. The second-order valence-electron chi connectivity index (χ2n) is 6.85. The number of rotatable bonds is 5. The van der Waals surface area contributed by atoms with Crippen LogP contribution in [0.1, 0.15) is 42.1 Å². The summed E-state index contributed by atoms with van der Waals surface area (Å²) in [4.78, 5) is 14.5. The van der Waals surface area contributed by atoms with Crippen molar-refractivity contribution in [3.8, 4) is 5.75 Å². The molecule has 0 radical (unpaired) electrons. The quantitative estimate of drug-likeness (QED) is 0.838. The molecule has 0 unspecified atom stereocenters. The number of benzene rings is 1. The predicted molar refractivity (Wildman–Crippen MR) is 95.6 cm³/mol. The first-order chi connectivity index (χ1) is 12.0. The third-order valence-electron chi connectivity index (χ3n) is 4.80. The zero-order valence-electron chi connectivity index (χ0n) is 15.2. The molecule has 25 heavy (non-hydrogen) atoms. The number of carbonyl (C=O) groups is 1. The molecule has 1 atom stereocenters. The molecule has 1 aliphatic heterocycles. The maximum atomic E-state index is 12.5. The number of hydrogen-bond acceptors (Lipinski definition) is 4. The van der Waals surface area contributed by atoms with Crippen molar-refractivity contribution >= 4 is 5.91 Å². The molecule has 0 aliphatic carbocycles. The highest BCUT2D eigenvalue weighted by molar-refractivity contribution is 5.76. The van der Waals surface area contributed by atoms with Gasteiger partial charge in [0, 0.05) is 26.1 Å². The van der Waals surface area contributed by atoms with Crippen molar-refractivity contribution in [3.05, 3.63) is 41.5 Å². The van der Waals surface area contributed by atoms with Gasteiger partial charge in [-0.15, -0.1) is 10.2 Å². The molecule has 6 heteroatoms. The Kier molecular flexibility index (Phi) is 5.36. The Morgan fingerprint density at radius 1 is 1.36 bits per heavy atom. The molecule has 1 saturated heterocycles. The van der Waals surface area contributed by atoms with E-state index in [4.69, 9.17) is 4.74 Å². The average Bonchev–Trinajstić information content (AvgIpc) is 3.04. The number of carbonyl (C=O) groups excluding carboxylic acids is 1. The minimum Gasteiger partial charge on any atom is -0.493 e. The van der Waals surface area contributed by atoms with E-state index in [2.05, 4.69) is 16.3 Å². The van der Waals surface area contributed by atoms with Crippen LogP contribution in [0.3, 0.4) is 0 Å². The van der Waals surface area contributed by atoms with Gasteiger partial charge in [-0.25, -0.2) is 0 Å². The maximum Gasteiger partial charge on any atom is 0.226 e. The Hall–Kier alpha value is -2.37. The Balaban J connectivity index is 1.52. The Bertz CT molecular complexity index is 741. The number of hydrogen-bond donors (Lipinski definition) is 0. The largest absolute Gasteiger partial charge is 0.493 e. The van der Waals surface area contributed by atoms with Crippen molar-refractivity contribution in [1.82, 2.24) is 19.7 Å². The van der Waals surface area contributed by atoms with E-state index in [1.54, 1.807) is 6.33 Å². The second-order valence-corrected chi connectivity index (χ2v) is 6.85. The predicted octanol–water partition coefficient (Wildman–Crippen LogP) is 2.61. The van der Waals surface area contributed by atoms with Crippen molar-refractivity contribution in [3.63, 3.8) is 0 Å². The third kappa shape index (κ3) is 4.18. The summed E-state index contributed by atoms with van der Waals surface area (Å²) in [6.07, 6.45) is 4.17. The summed E-state index contributed by atoms with van der Waals surface area (Å²) in [5.41, 5.74) is 2.26. The van der Waals surface area contributed by atoms with E-state index in [-0.39, 0.29) is 11.8 Å². The summed E-state index contributed by atoms with van der Waals surface area (Å²) in [7, 11) is 1.95. The van der Waals surface area contributed by atoms with Crippen molar-refractivity contribution in [2.45, 2.75) is 39.0 Å². The van der Waals surface area contributed by atoms with E-state index in [1.807, 2.05) is 42.5 Å². The molecule has 1 aliphatic rings. The van der Waals surface area contributed by atoms with Gasteiger partial charge < -0.3 is 14.2 Å². The lowest BCUT2D eigenvalue weighted by atomic mass is 9.97. The summed E-state index contributed by atoms with van der Waals surface area (Å²) in [6, 6.07) is 6.13. The van der Waals surface area contributed by atoms with E-state index in [0.717, 1.165) is 48.6 Å². The van der Waals surface area contributed by atoms with Gasteiger partial charge in [-0.3, -0.25) is 4.79 Å². The highest BCUT2D eigenvalue weighted by atomic mass is 16.5. The molecular weight excluding hydrogens is 316 g/mol. The zero-order chi connectivity index (χ0) is 17.8. The molecule has 1 aromatic carbocycles. The van der Waals surface area contributed by atoms with Crippen LogP contribution in [0.5, 0.6) is 5.75 Å². The fraction of sp³-hybridized carbons (Fsp3) is 0.526. The van der Waals surface area contributed by atoms with Gasteiger partial charge in [0.2, 0.25) is 5.91 Å². The summed E-state index contributed by atoms with van der Waals surface area (Å²) in [5.74, 6) is 2.25. The lowest BCUT2D eigenvalue weighted by molar-refractivity contribution is -0.133. The monoisotopic (exact) mass is 342 g/mol. The number of ether oxygens (including phenoxy) is 1. The number of aryl methyl sites for hydroxylation is 3. The molecule has 0 saturated carbocycles. The number of likely N-dealkylation sites (tertiary alicyclic amines) is 1. The lowest BCUT2D eigenvalue weighted by Crippen LogP contribution is -2.40. The van der Waals surface area contributed by atoms with Gasteiger partial charge in [0.05, 0.1) is 13.0 Å². The smallest absolute Gasteiger partial charge is 0.226 e. The highest BCUT2D eigenvalue weighted by Gasteiger charge is 2.27. The molecule has 134 valence electrons. The van der Waals surface area contributed by atoms with Crippen LogP contribution in [0.15, 0.2) is 24.5 Å². The number of piperidine rings is 1. The van der Waals surface area contributed by atoms with Crippen LogP contribution >= 0.6 is 0 Å². The Morgan fingerprint density at radius 2 is 2.20 bits per heavy atom. The van der Waals surface area contributed by atoms with Crippen LogP contribution in [0.2, 0.25) is 0 Å². The normalized spacial score (nSPS) is 17.6. The fourth-order valence-corrected chi connectivity index (χ4v) is 3.35. The first kappa shape index (κ1) is 17.5. The van der Waals surface area contributed by atoms with Crippen LogP contribution in [0.4, 0.5) is 0 Å². The highest BCUT2D eigenvalue weighted by Crippen LogP contribution is 2.25. The van der Waals surface area contributed by atoms with Gasteiger partial charge in [0.15, 0.2) is 0 Å². The van der Waals surface area contributed by atoms with Crippen LogP contribution in [0, 0.1) is 13.8 Å². The molecule has 1 fully saturated rings. The Morgan fingerprint density at radius 3 is 2.96 bits per heavy atom. The minimum atomic E-state index is 0.150. The molecule has 0 spiro atoms. The van der Waals surface area contributed by atoms with Gasteiger partial charge in [-0.05, 0) is 43.9 Å². The topological polar surface area (TPSA) is 60.2 Å². The minimum absolute atomic E-state index is 0.150. The molecule has 3 rings (SSSR count). The SMILES string of the molecule is Cc1ccc(C)c(OCCC(=O)N2CCC[C@@H](c3nncn3C)C2)c1. The molecule has 0 N–H and O–H groups in total. The van der Waals surface area contributed by atoms with Gasteiger partial charge in [0.1, 0.15) is 17.9 Å². The van der Waals surface area contributed by atoms with Crippen molar-refractivity contribution in [1.29, 1.82) is 0 Å². The third-order valence-corrected chi connectivity index (χ3v) is 4.80. The summed E-state index contributed by atoms with van der Waals surface area (Å²) < 4.78 is 7.77. The van der Waals surface area contributed by atoms with E-state index < -0.39 is 0 Å². The van der Waals surface area contributed by atoms with E-state index in [0.29, 0.717) is 13.0 Å². The van der Waals surface area contributed by atoms with Gasteiger partial charge in [0.25, 0.3) is 0 Å². The molecule has 2 heterocycles. The lowest BCUT2D eigenvalue weighted by Gasteiger charge is -2.32. The average molecular weight is 342 g/mol. The summed E-state index contributed by atoms with van der Waals surface area (Å²) in [5, 5.41) is 8.16. The van der Waals surface area contributed by atoms with Gasteiger partial charge in [-0.1, -0.05) is 12.1 Å². The van der Waals surface area contributed by atoms with E-state index in [1.165, 1.54) is 0 Å². The number of amides is 1. The first-order valence-corrected chi connectivity index (χ1v) is 8.86. The van der Waals surface area contributed by atoms with Crippen LogP contribution in [-0.2, 0) is 11.8 Å². The number of aromatic nitrogens is 3.